The number of pyridine rings is 1. The number of rotatable bonds is 4. The van der Waals surface area contributed by atoms with Crippen LogP contribution in [-0.4, -0.2) is 23.6 Å². The van der Waals surface area contributed by atoms with E-state index in [1.165, 1.54) is 0 Å². The molecule has 1 aromatic carbocycles. The van der Waals surface area contributed by atoms with Crippen molar-refractivity contribution in [2.75, 3.05) is 6.61 Å². The van der Waals surface area contributed by atoms with Crippen molar-refractivity contribution >= 4 is 16.7 Å². The van der Waals surface area contributed by atoms with E-state index in [2.05, 4.69) is 4.98 Å². The zero-order valence-corrected chi connectivity index (χ0v) is 10.3. The van der Waals surface area contributed by atoms with Gasteiger partial charge in [-0.2, -0.15) is 0 Å². The first-order valence-corrected chi connectivity index (χ1v) is 5.96. The predicted octanol–water partition coefficient (Wildman–Crippen LogP) is 1.67. The molecule has 0 amide bonds. The summed E-state index contributed by atoms with van der Waals surface area (Å²) in [7, 11) is 0. The van der Waals surface area contributed by atoms with Crippen molar-refractivity contribution in [3.63, 3.8) is 0 Å². The molecule has 0 spiro atoms. The molecule has 1 atom stereocenters. The number of nitrogens with zero attached hydrogens (tertiary/aromatic N) is 1. The summed E-state index contributed by atoms with van der Waals surface area (Å²) >= 11 is 0. The van der Waals surface area contributed by atoms with Crippen molar-refractivity contribution in [1.82, 2.24) is 4.98 Å². The molecule has 0 bridgehead atoms. The van der Waals surface area contributed by atoms with Crippen LogP contribution in [0.1, 0.15) is 12.6 Å². The first kappa shape index (κ1) is 12.5. The van der Waals surface area contributed by atoms with Crippen molar-refractivity contribution in [3.8, 4) is 0 Å². The topological polar surface area (TPSA) is 65.2 Å². The summed E-state index contributed by atoms with van der Waals surface area (Å²) in [5.74, 6) is -0.382. The molecule has 0 saturated carbocycles. The lowest BCUT2D eigenvalue weighted by Crippen LogP contribution is -2.34. The minimum absolute atomic E-state index is 0.345. The van der Waals surface area contributed by atoms with Gasteiger partial charge in [-0.3, -0.25) is 9.78 Å². The SMILES string of the molecule is CCOC(=O)C(N)Cc1cc2ccccc2cn1. The van der Waals surface area contributed by atoms with Gasteiger partial charge in [-0.25, -0.2) is 0 Å². The van der Waals surface area contributed by atoms with Crippen LogP contribution in [0.15, 0.2) is 36.5 Å². The molecular weight excluding hydrogens is 228 g/mol. The first-order chi connectivity index (χ1) is 8.70. The maximum Gasteiger partial charge on any atom is 0.323 e. The van der Waals surface area contributed by atoms with E-state index in [9.17, 15) is 4.79 Å². The minimum Gasteiger partial charge on any atom is -0.465 e. The summed E-state index contributed by atoms with van der Waals surface area (Å²) in [4.78, 5) is 15.7. The summed E-state index contributed by atoms with van der Waals surface area (Å²) in [6.07, 6.45) is 2.19. The van der Waals surface area contributed by atoms with Gasteiger partial charge in [0.05, 0.1) is 6.61 Å². The maximum absolute atomic E-state index is 11.4. The number of esters is 1. The van der Waals surface area contributed by atoms with Gasteiger partial charge in [-0.15, -0.1) is 0 Å². The van der Waals surface area contributed by atoms with Gasteiger partial charge in [-0.1, -0.05) is 24.3 Å². The van der Waals surface area contributed by atoms with Crippen LogP contribution in [0, 0.1) is 0 Å². The second kappa shape index (κ2) is 5.60. The monoisotopic (exact) mass is 244 g/mol. The minimum atomic E-state index is -0.654. The van der Waals surface area contributed by atoms with Gasteiger partial charge in [0.25, 0.3) is 0 Å². The molecule has 0 radical (unpaired) electrons. The Morgan fingerprint density at radius 3 is 2.83 bits per heavy atom. The standard InChI is InChI=1S/C14H16N2O2/c1-2-18-14(17)13(15)8-12-7-10-5-3-4-6-11(10)9-16-12/h3-7,9,13H,2,8,15H2,1H3. The summed E-state index contributed by atoms with van der Waals surface area (Å²) in [6.45, 7) is 2.11. The fourth-order valence-electron chi connectivity index (χ4n) is 1.80. The van der Waals surface area contributed by atoms with Crippen LogP contribution < -0.4 is 5.73 Å². The molecule has 0 saturated heterocycles. The van der Waals surface area contributed by atoms with Gasteiger partial charge in [0.1, 0.15) is 6.04 Å². The molecule has 1 unspecified atom stereocenters. The summed E-state index contributed by atoms with van der Waals surface area (Å²) in [5, 5.41) is 2.17. The largest absolute Gasteiger partial charge is 0.465 e. The van der Waals surface area contributed by atoms with Crippen LogP contribution in [0.4, 0.5) is 0 Å². The predicted molar refractivity (Wildman–Crippen MR) is 70.1 cm³/mol. The molecule has 2 N–H and O–H groups in total. The van der Waals surface area contributed by atoms with Crippen molar-refractivity contribution in [2.45, 2.75) is 19.4 Å². The lowest BCUT2D eigenvalue weighted by Gasteiger charge is -2.10. The Balaban J connectivity index is 2.14. The summed E-state index contributed by atoms with van der Waals surface area (Å²) in [5.41, 5.74) is 6.57. The Morgan fingerprint density at radius 2 is 2.11 bits per heavy atom. The van der Waals surface area contributed by atoms with Crippen molar-refractivity contribution in [2.24, 2.45) is 5.73 Å². The lowest BCUT2D eigenvalue weighted by molar-refractivity contribution is -0.144. The first-order valence-electron chi connectivity index (χ1n) is 5.96. The molecular formula is C14H16N2O2. The van der Waals surface area contributed by atoms with E-state index < -0.39 is 6.04 Å². The highest BCUT2D eigenvalue weighted by Gasteiger charge is 2.15. The second-order valence-corrected chi connectivity index (χ2v) is 4.09. The summed E-state index contributed by atoms with van der Waals surface area (Å²) in [6, 6.07) is 9.24. The quantitative estimate of drug-likeness (QED) is 0.831. The van der Waals surface area contributed by atoms with Crippen LogP contribution in [0.3, 0.4) is 0 Å². The molecule has 2 aromatic rings. The normalized spacial score (nSPS) is 12.3. The Morgan fingerprint density at radius 1 is 1.39 bits per heavy atom. The molecule has 0 aliphatic rings. The van der Waals surface area contributed by atoms with Crippen LogP contribution in [0.5, 0.6) is 0 Å². The molecule has 1 heterocycles. The van der Waals surface area contributed by atoms with E-state index in [4.69, 9.17) is 10.5 Å². The number of nitrogens with two attached hydrogens (primary N) is 1. The van der Waals surface area contributed by atoms with Crippen LogP contribution in [0.2, 0.25) is 0 Å². The fraction of sp³-hybridized carbons (Fsp3) is 0.286. The number of hydrogen-bond donors (Lipinski definition) is 1. The van der Waals surface area contributed by atoms with Crippen molar-refractivity contribution in [1.29, 1.82) is 0 Å². The fourth-order valence-corrected chi connectivity index (χ4v) is 1.80. The zero-order valence-electron chi connectivity index (χ0n) is 10.3. The molecule has 94 valence electrons. The number of fused-ring (bicyclic) bond motifs is 1. The van der Waals surface area contributed by atoms with Crippen molar-refractivity contribution < 1.29 is 9.53 Å². The summed E-state index contributed by atoms with van der Waals surface area (Å²) < 4.78 is 4.87. The number of ether oxygens (including phenoxy) is 1. The molecule has 18 heavy (non-hydrogen) atoms. The lowest BCUT2D eigenvalue weighted by atomic mass is 10.1. The Hall–Kier alpha value is -1.94. The van der Waals surface area contributed by atoms with E-state index in [1.807, 2.05) is 30.3 Å². The zero-order chi connectivity index (χ0) is 13.0. The van der Waals surface area contributed by atoms with E-state index in [-0.39, 0.29) is 5.97 Å². The molecule has 1 aromatic heterocycles. The smallest absolute Gasteiger partial charge is 0.323 e. The van der Waals surface area contributed by atoms with Crippen LogP contribution in [0.25, 0.3) is 10.8 Å². The van der Waals surface area contributed by atoms with Gasteiger partial charge in [0, 0.05) is 23.7 Å². The highest BCUT2D eigenvalue weighted by Crippen LogP contribution is 2.14. The maximum atomic E-state index is 11.4. The van der Waals surface area contributed by atoms with E-state index in [0.29, 0.717) is 13.0 Å². The highest BCUT2D eigenvalue weighted by atomic mass is 16.5. The van der Waals surface area contributed by atoms with Crippen molar-refractivity contribution in [3.05, 3.63) is 42.2 Å². The third kappa shape index (κ3) is 2.84. The molecule has 4 nitrogen and oxygen atoms in total. The second-order valence-electron chi connectivity index (χ2n) is 4.09. The molecule has 2 rings (SSSR count). The van der Waals surface area contributed by atoms with Gasteiger partial charge in [-0.05, 0) is 18.4 Å². The average Bonchev–Trinajstić information content (AvgIpc) is 2.39. The third-order valence-corrected chi connectivity index (χ3v) is 2.71. The number of carbonyl (C=O) groups is 1. The highest BCUT2D eigenvalue weighted by molar-refractivity contribution is 5.82. The molecule has 0 aliphatic carbocycles. The molecule has 0 fully saturated rings. The number of hydrogen-bond acceptors (Lipinski definition) is 4. The van der Waals surface area contributed by atoms with E-state index >= 15 is 0 Å². The number of benzene rings is 1. The Bertz CT molecular complexity index is 554. The number of carbonyl (C=O) groups excluding carboxylic acids is 1. The van der Waals surface area contributed by atoms with Gasteiger partial charge in [0.2, 0.25) is 0 Å². The number of aromatic nitrogens is 1. The Labute approximate surface area is 106 Å². The molecule has 4 heteroatoms. The van der Waals surface area contributed by atoms with Crippen LogP contribution in [-0.2, 0) is 16.0 Å². The van der Waals surface area contributed by atoms with Crippen LogP contribution >= 0.6 is 0 Å². The van der Waals surface area contributed by atoms with Gasteiger partial charge in [0.15, 0.2) is 0 Å². The Kier molecular flexibility index (Phi) is 3.89. The average molecular weight is 244 g/mol. The van der Waals surface area contributed by atoms with E-state index in [1.54, 1.807) is 13.1 Å². The third-order valence-electron chi connectivity index (χ3n) is 2.71. The van der Waals surface area contributed by atoms with Gasteiger partial charge >= 0.3 is 5.97 Å². The molecule has 0 aliphatic heterocycles. The van der Waals surface area contributed by atoms with Gasteiger partial charge < -0.3 is 10.5 Å². The van der Waals surface area contributed by atoms with E-state index in [0.717, 1.165) is 16.5 Å².